The molecule has 1 rings (SSSR count). The number of nitrogens with two attached hydrogens (primary N) is 1. The van der Waals surface area contributed by atoms with Gasteiger partial charge in [0.05, 0.1) is 6.61 Å². The normalized spacial score (nSPS) is 8.70. The molecule has 0 fully saturated rings. The number of hydrogen-bond donors (Lipinski definition) is 2. The molecule has 6 heteroatoms. The minimum Gasteiger partial charge on any atom is -0.463 e. The molecule has 3 amide bonds. The number of nitrogens with one attached hydrogen (secondary N) is 1. The molecular formula is C14H18N2O4. The minimum atomic E-state index is -0.844. The average molecular weight is 278 g/mol. The molecule has 0 radical (unpaired) electrons. The number of primary amides is 1. The lowest BCUT2D eigenvalue weighted by atomic mass is 10.2. The SMILES string of the molecule is C=C(C)C(=O)OCC.NC(=O)NC(=O)c1ccccc1. The Bertz CT molecular complexity index is 483. The number of rotatable bonds is 3. The Balaban J connectivity index is 0.000000396. The monoisotopic (exact) mass is 278 g/mol. The van der Waals surface area contributed by atoms with Crippen LogP contribution >= 0.6 is 0 Å². The lowest BCUT2D eigenvalue weighted by molar-refractivity contribution is -0.138. The third-order valence-corrected chi connectivity index (χ3v) is 1.90. The van der Waals surface area contributed by atoms with Crippen LogP contribution in [0.2, 0.25) is 0 Å². The van der Waals surface area contributed by atoms with Crippen LogP contribution in [0.1, 0.15) is 24.2 Å². The first-order valence-corrected chi connectivity index (χ1v) is 5.87. The summed E-state index contributed by atoms with van der Waals surface area (Å²) in [5.41, 5.74) is 5.62. The Morgan fingerprint density at radius 3 is 2.15 bits per heavy atom. The zero-order valence-electron chi connectivity index (χ0n) is 11.5. The van der Waals surface area contributed by atoms with E-state index in [0.29, 0.717) is 17.7 Å². The first kappa shape index (κ1) is 17.4. The van der Waals surface area contributed by atoms with Gasteiger partial charge in [-0.3, -0.25) is 10.1 Å². The first-order chi connectivity index (χ1) is 9.38. The van der Waals surface area contributed by atoms with E-state index in [1.54, 1.807) is 44.2 Å². The summed E-state index contributed by atoms with van der Waals surface area (Å²) in [5, 5.41) is 1.96. The molecule has 20 heavy (non-hydrogen) atoms. The van der Waals surface area contributed by atoms with Crippen molar-refractivity contribution >= 4 is 17.9 Å². The molecule has 0 unspecified atom stereocenters. The molecule has 0 aliphatic heterocycles. The highest BCUT2D eigenvalue weighted by Gasteiger charge is 2.05. The fourth-order valence-corrected chi connectivity index (χ4v) is 1.03. The Hall–Kier alpha value is -2.63. The topological polar surface area (TPSA) is 98.5 Å². The Kier molecular flexibility index (Phi) is 8.09. The molecule has 0 atom stereocenters. The van der Waals surface area contributed by atoms with E-state index in [-0.39, 0.29) is 5.97 Å². The summed E-state index contributed by atoms with van der Waals surface area (Å²) in [6, 6.07) is 7.53. The molecule has 3 N–H and O–H groups in total. The van der Waals surface area contributed by atoms with Crippen molar-refractivity contribution in [3.05, 3.63) is 48.0 Å². The van der Waals surface area contributed by atoms with Crippen molar-refractivity contribution in [2.75, 3.05) is 6.61 Å². The van der Waals surface area contributed by atoms with Crippen molar-refractivity contribution in [1.29, 1.82) is 0 Å². The van der Waals surface area contributed by atoms with Crippen LogP contribution in [0.4, 0.5) is 4.79 Å². The highest BCUT2D eigenvalue weighted by Crippen LogP contribution is 1.96. The van der Waals surface area contributed by atoms with Gasteiger partial charge in [0, 0.05) is 11.1 Å². The van der Waals surface area contributed by atoms with Gasteiger partial charge >= 0.3 is 12.0 Å². The average Bonchev–Trinajstić information content (AvgIpc) is 2.40. The standard InChI is InChI=1S/C8H8N2O2.C6H10O2/c9-8(12)10-7(11)6-4-2-1-3-5-6;1-4-8-6(7)5(2)3/h1-5H,(H3,9,10,11,12);2,4H2,1,3H3. The van der Waals surface area contributed by atoms with E-state index in [4.69, 9.17) is 5.73 Å². The van der Waals surface area contributed by atoms with Crippen molar-refractivity contribution in [3.63, 3.8) is 0 Å². The van der Waals surface area contributed by atoms with Crippen molar-refractivity contribution in [2.45, 2.75) is 13.8 Å². The number of ether oxygens (including phenoxy) is 1. The van der Waals surface area contributed by atoms with E-state index in [9.17, 15) is 14.4 Å². The fourth-order valence-electron chi connectivity index (χ4n) is 1.03. The number of carbonyl (C=O) groups is 3. The molecule has 0 saturated heterocycles. The van der Waals surface area contributed by atoms with Gasteiger partial charge in [-0.25, -0.2) is 9.59 Å². The number of benzene rings is 1. The van der Waals surface area contributed by atoms with Gasteiger partial charge in [-0.1, -0.05) is 24.8 Å². The van der Waals surface area contributed by atoms with Crippen LogP contribution in [-0.4, -0.2) is 24.5 Å². The van der Waals surface area contributed by atoms with Crippen molar-refractivity contribution in [3.8, 4) is 0 Å². The van der Waals surface area contributed by atoms with Crippen LogP contribution in [0.15, 0.2) is 42.5 Å². The molecule has 0 aromatic heterocycles. The number of esters is 1. The lowest BCUT2D eigenvalue weighted by Gasteiger charge is -1.98. The fraction of sp³-hybridized carbons (Fsp3) is 0.214. The first-order valence-electron chi connectivity index (χ1n) is 5.87. The number of imide groups is 1. The van der Waals surface area contributed by atoms with Crippen LogP contribution in [0.3, 0.4) is 0 Å². The van der Waals surface area contributed by atoms with Crippen LogP contribution in [0.25, 0.3) is 0 Å². The van der Waals surface area contributed by atoms with E-state index in [0.717, 1.165) is 0 Å². The van der Waals surface area contributed by atoms with Crippen LogP contribution < -0.4 is 11.1 Å². The smallest absolute Gasteiger partial charge is 0.333 e. The maximum atomic E-state index is 11.0. The van der Waals surface area contributed by atoms with Gasteiger partial charge in [-0.05, 0) is 26.0 Å². The Morgan fingerprint density at radius 1 is 1.25 bits per heavy atom. The lowest BCUT2D eigenvalue weighted by Crippen LogP contribution is -2.34. The van der Waals surface area contributed by atoms with Gasteiger partial charge < -0.3 is 10.5 Å². The largest absolute Gasteiger partial charge is 0.463 e. The quantitative estimate of drug-likeness (QED) is 0.648. The zero-order valence-corrected chi connectivity index (χ0v) is 11.5. The van der Waals surface area contributed by atoms with Gasteiger partial charge in [-0.2, -0.15) is 0 Å². The van der Waals surface area contributed by atoms with Gasteiger partial charge in [0.15, 0.2) is 0 Å². The zero-order chi connectivity index (χ0) is 15.5. The van der Waals surface area contributed by atoms with E-state index < -0.39 is 11.9 Å². The van der Waals surface area contributed by atoms with Crippen molar-refractivity contribution < 1.29 is 19.1 Å². The van der Waals surface area contributed by atoms with Crippen molar-refractivity contribution in [1.82, 2.24) is 5.32 Å². The summed E-state index contributed by atoms with van der Waals surface area (Å²) < 4.78 is 4.56. The van der Waals surface area contributed by atoms with Crippen LogP contribution in [-0.2, 0) is 9.53 Å². The molecule has 108 valence electrons. The Labute approximate surface area is 117 Å². The predicted molar refractivity (Wildman–Crippen MR) is 74.9 cm³/mol. The maximum absolute atomic E-state index is 11.0. The molecule has 0 bridgehead atoms. The Morgan fingerprint density at radius 2 is 1.80 bits per heavy atom. The highest BCUT2D eigenvalue weighted by molar-refractivity contribution is 6.03. The number of urea groups is 1. The molecule has 0 heterocycles. The summed E-state index contributed by atoms with van der Waals surface area (Å²) in [4.78, 5) is 31.7. The number of hydrogen-bond acceptors (Lipinski definition) is 4. The highest BCUT2D eigenvalue weighted by atomic mass is 16.5. The molecule has 1 aromatic rings. The summed E-state index contributed by atoms with van der Waals surface area (Å²) in [7, 11) is 0. The summed E-state index contributed by atoms with van der Waals surface area (Å²) in [5.74, 6) is -0.796. The summed E-state index contributed by atoms with van der Waals surface area (Å²) in [6.45, 7) is 7.21. The molecule has 0 aliphatic carbocycles. The second-order valence-corrected chi connectivity index (χ2v) is 3.69. The van der Waals surface area contributed by atoms with E-state index >= 15 is 0 Å². The van der Waals surface area contributed by atoms with E-state index in [1.807, 2.05) is 5.32 Å². The molecule has 6 nitrogen and oxygen atoms in total. The minimum absolute atomic E-state index is 0.312. The second-order valence-electron chi connectivity index (χ2n) is 3.69. The third-order valence-electron chi connectivity index (χ3n) is 1.90. The van der Waals surface area contributed by atoms with Crippen LogP contribution in [0.5, 0.6) is 0 Å². The van der Waals surface area contributed by atoms with Gasteiger partial charge in [0.2, 0.25) is 0 Å². The van der Waals surface area contributed by atoms with Gasteiger partial charge in [0.1, 0.15) is 0 Å². The summed E-state index contributed by atoms with van der Waals surface area (Å²) >= 11 is 0. The maximum Gasteiger partial charge on any atom is 0.333 e. The van der Waals surface area contributed by atoms with Crippen LogP contribution in [0, 0.1) is 0 Å². The third kappa shape index (κ3) is 7.65. The number of carbonyl (C=O) groups excluding carboxylic acids is 3. The van der Waals surface area contributed by atoms with E-state index in [2.05, 4.69) is 11.3 Å². The molecule has 1 aromatic carbocycles. The molecule has 0 spiro atoms. The van der Waals surface area contributed by atoms with Gasteiger partial charge in [-0.15, -0.1) is 0 Å². The molecule has 0 saturated carbocycles. The molecule has 0 aliphatic rings. The van der Waals surface area contributed by atoms with E-state index in [1.165, 1.54) is 0 Å². The number of amides is 3. The van der Waals surface area contributed by atoms with Crippen molar-refractivity contribution in [2.24, 2.45) is 5.73 Å². The van der Waals surface area contributed by atoms with Gasteiger partial charge in [0.25, 0.3) is 5.91 Å². The second kappa shape index (κ2) is 9.32. The predicted octanol–water partition coefficient (Wildman–Crippen LogP) is 1.62. The molecular weight excluding hydrogens is 260 g/mol. The summed E-state index contributed by atoms with van der Waals surface area (Å²) in [6.07, 6.45) is 0.